The zero-order chi connectivity index (χ0) is 24.4. The molecular weight excluding hydrogens is 462 g/mol. The lowest BCUT2D eigenvalue weighted by Crippen LogP contribution is -2.11. The fraction of sp³-hybridized carbons (Fsp3) is 0.308. The van der Waals surface area contributed by atoms with Crippen LogP contribution in [-0.4, -0.2) is 39.9 Å². The molecule has 0 radical (unpaired) electrons. The standard InChI is InChI=1S/C26H27N5O3S/c1-16-23(35-26(27-16)18-11-12-20(33-2)21(15-18)34-3)25(32)28-19-9-7-8-17(14-19)24-30-29-22-10-5-4-6-13-31(22)24/h7-9,11-12,14-15H,4-6,10,13H2,1-3H3,(H,28,32). The molecule has 0 unspecified atom stereocenters. The van der Waals surface area contributed by atoms with Crippen LogP contribution in [0, 0.1) is 6.92 Å². The first kappa shape index (κ1) is 23.0. The van der Waals surface area contributed by atoms with Gasteiger partial charge in [0.05, 0.1) is 19.9 Å². The highest BCUT2D eigenvalue weighted by Crippen LogP contribution is 2.35. The Labute approximate surface area is 208 Å². The lowest BCUT2D eigenvalue weighted by molar-refractivity contribution is 0.103. The molecule has 8 nitrogen and oxygen atoms in total. The number of hydrogen-bond acceptors (Lipinski definition) is 7. The first-order valence-electron chi connectivity index (χ1n) is 11.6. The van der Waals surface area contributed by atoms with E-state index >= 15 is 0 Å². The second-order valence-electron chi connectivity index (χ2n) is 8.44. The molecule has 5 rings (SSSR count). The average molecular weight is 490 g/mol. The normalized spacial score (nSPS) is 13.1. The predicted octanol–water partition coefficient (Wildman–Crippen LogP) is 5.37. The maximum Gasteiger partial charge on any atom is 0.267 e. The molecule has 0 fully saturated rings. The number of amides is 1. The molecule has 2 aromatic carbocycles. The highest BCUT2D eigenvalue weighted by atomic mass is 32.1. The van der Waals surface area contributed by atoms with E-state index in [-0.39, 0.29) is 5.91 Å². The number of anilines is 1. The summed E-state index contributed by atoms with van der Waals surface area (Å²) in [5.74, 6) is 2.96. The second-order valence-corrected chi connectivity index (χ2v) is 9.44. The quantitative estimate of drug-likeness (QED) is 0.391. The molecular formula is C26H27N5O3S. The van der Waals surface area contributed by atoms with Crippen LogP contribution in [0.2, 0.25) is 0 Å². The number of carbonyl (C=O) groups is 1. The molecule has 0 aliphatic carbocycles. The maximum atomic E-state index is 13.2. The third-order valence-corrected chi connectivity index (χ3v) is 7.33. The summed E-state index contributed by atoms with van der Waals surface area (Å²) < 4.78 is 12.9. The number of carbonyl (C=O) groups excluding carboxylic acids is 1. The first-order valence-corrected chi connectivity index (χ1v) is 12.4. The van der Waals surface area contributed by atoms with Gasteiger partial charge in [-0.2, -0.15) is 0 Å². The Morgan fingerprint density at radius 2 is 1.86 bits per heavy atom. The minimum absolute atomic E-state index is 0.191. The van der Waals surface area contributed by atoms with Crippen LogP contribution in [0.15, 0.2) is 42.5 Å². The SMILES string of the molecule is COc1ccc(-c2nc(C)c(C(=O)Nc3cccc(-c4nnc5n4CCCCC5)c3)s2)cc1OC. The summed E-state index contributed by atoms with van der Waals surface area (Å²) in [7, 11) is 3.19. The van der Waals surface area contributed by atoms with Crippen molar-refractivity contribution in [2.45, 2.75) is 39.2 Å². The molecule has 9 heteroatoms. The fourth-order valence-electron chi connectivity index (χ4n) is 4.32. The van der Waals surface area contributed by atoms with Crippen molar-refractivity contribution in [3.8, 4) is 33.5 Å². The number of nitrogens with one attached hydrogen (secondary N) is 1. The number of fused-ring (bicyclic) bond motifs is 1. The number of benzene rings is 2. The number of aryl methyl sites for hydroxylation is 2. The van der Waals surface area contributed by atoms with E-state index in [0.29, 0.717) is 27.8 Å². The number of methoxy groups -OCH3 is 2. The van der Waals surface area contributed by atoms with Gasteiger partial charge in [-0.25, -0.2) is 4.98 Å². The molecule has 180 valence electrons. The van der Waals surface area contributed by atoms with Gasteiger partial charge in [-0.1, -0.05) is 18.6 Å². The molecule has 35 heavy (non-hydrogen) atoms. The predicted molar refractivity (Wildman–Crippen MR) is 136 cm³/mol. The summed E-state index contributed by atoms with van der Waals surface area (Å²) in [5.41, 5.74) is 3.19. The molecule has 2 aromatic heterocycles. The number of thiazole rings is 1. The van der Waals surface area contributed by atoms with Crippen LogP contribution >= 0.6 is 11.3 Å². The largest absolute Gasteiger partial charge is 0.493 e. The van der Waals surface area contributed by atoms with Crippen LogP contribution in [0.5, 0.6) is 11.5 Å². The molecule has 0 atom stereocenters. The molecule has 0 spiro atoms. The molecule has 1 aliphatic rings. The van der Waals surface area contributed by atoms with Crippen LogP contribution in [-0.2, 0) is 13.0 Å². The van der Waals surface area contributed by atoms with E-state index in [2.05, 4.69) is 25.1 Å². The van der Waals surface area contributed by atoms with Crippen LogP contribution in [0.25, 0.3) is 22.0 Å². The number of ether oxygens (including phenoxy) is 2. The van der Waals surface area contributed by atoms with E-state index < -0.39 is 0 Å². The lowest BCUT2D eigenvalue weighted by Gasteiger charge is -2.09. The number of aromatic nitrogens is 4. The van der Waals surface area contributed by atoms with Crippen LogP contribution in [0.3, 0.4) is 0 Å². The smallest absolute Gasteiger partial charge is 0.267 e. The minimum Gasteiger partial charge on any atom is -0.493 e. The third-order valence-electron chi connectivity index (χ3n) is 6.12. The molecule has 4 aromatic rings. The van der Waals surface area contributed by atoms with Crippen molar-refractivity contribution in [1.82, 2.24) is 19.7 Å². The molecule has 0 bridgehead atoms. The van der Waals surface area contributed by atoms with Gasteiger partial charge < -0.3 is 19.4 Å². The Bertz CT molecular complexity index is 1380. The van der Waals surface area contributed by atoms with Gasteiger partial charge in [-0.3, -0.25) is 4.79 Å². The van der Waals surface area contributed by atoms with Crippen LogP contribution < -0.4 is 14.8 Å². The third kappa shape index (κ3) is 4.64. The molecule has 1 amide bonds. The van der Waals surface area contributed by atoms with E-state index in [9.17, 15) is 4.79 Å². The summed E-state index contributed by atoms with van der Waals surface area (Å²) in [6.45, 7) is 2.77. The highest BCUT2D eigenvalue weighted by molar-refractivity contribution is 7.17. The van der Waals surface area contributed by atoms with Crippen molar-refractivity contribution in [2.75, 3.05) is 19.5 Å². The molecule has 1 N–H and O–H groups in total. The average Bonchev–Trinajstić information content (AvgIpc) is 3.39. The van der Waals surface area contributed by atoms with E-state index in [4.69, 9.17) is 9.47 Å². The van der Waals surface area contributed by atoms with E-state index in [1.807, 2.05) is 49.4 Å². The van der Waals surface area contributed by atoms with Crippen LogP contribution in [0.4, 0.5) is 5.69 Å². The van der Waals surface area contributed by atoms with Crippen molar-refractivity contribution < 1.29 is 14.3 Å². The summed E-state index contributed by atoms with van der Waals surface area (Å²) in [4.78, 5) is 18.4. The minimum atomic E-state index is -0.191. The molecule has 1 aliphatic heterocycles. The molecule has 3 heterocycles. The Balaban J connectivity index is 1.38. The zero-order valence-corrected chi connectivity index (χ0v) is 20.8. The molecule has 0 saturated heterocycles. The number of hydrogen-bond donors (Lipinski definition) is 1. The Kier molecular flexibility index (Phi) is 6.50. The van der Waals surface area contributed by atoms with Gasteiger partial charge in [-0.15, -0.1) is 21.5 Å². The van der Waals surface area contributed by atoms with Gasteiger partial charge in [-0.05, 0) is 50.1 Å². The summed E-state index contributed by atoms with van der Waals surface area (Å²) in [5, 5.41) is 12.6. The van der Waals surface area contributed by atoms with E-state index in [1.54, 1.807) is 14.2 Å². The Hall–Kier alpha value is -3.72. The van der Waals surface area contributed by atoms with Gasteiger partial charge in [0.15, 0.2) is 17.3 Å². The van der Waals surface area contributed by atoms with E-state index in [0.717, 1.165) is 53.6 Å². The fourth-order valence-corrected chi connectivity index (χ4v) is 5.28. The van der Waals surface area contributed by atoms with E-state index in [1.165, 1.54) is 17.8 Å². The summed E-state index contributed by atoms with van der Waals surface area (Å²) >= 11 is 1.35. The summed E-state index contributed by atoms with van der Waals surface area (Å²) in [6.07, 6.45) is 4.43. The lowest BCUT2D eigenvalue weighted by atomic mass is 10.2. The number of rotatable bonds is 6. The van der Waals surface area contributed by atoms with Crippen molar-refractivity contribution in [1.29, 1.82) is 0 Å². The van der Waals surface area contributed by atoms with Crippen molar-refractivity contribution in [3.63, 3.8) is 0 Å². The van der Waals surface area contributed by atoms with Gasteiger partial charge in [0.2, 0.25) is 0 Å². The second kappa shape index (κ2) is 9.87. The zero-order valence-electron chi connectivity index (χ0n) is 20.0. The monoisotopic (exact) mass is 489 g/mol. The molecule has 0 saturated carbocycles. The van der Waals surface area contributed by atoms with Crippen molar-refractivity contribution >= 4 is 22.9 Å². The van der Waals surface area contributed by atoms with Crippen molar-refractivity contribution in [3.05, 3.63) is 58.9 Å². The van der Waals surface area contributed by atoms with Gasteiger partial charge in [0.25, 0.3) is 5.91 Å². The number of nitrogens with zero attached hydrogens (tertiary/aromatic N) is 4. The van der Waals surface area contributed by atoms with Crippen LogP contribution in [0.1, 0.15) is 40.5 Å². The Morgan fingerprint density at radius 3 is 2.69 bits per heavy atom. The van der Waals surface area contributed by atoms with Crippen molar-refractivity contribution in [2.24, 2.45) is 0 Å². The van der Waals surface area contributed by atoms with Gasteiger partial charge >= 0.3 is 0 Å². The summed E-state index contributed by atoms with van der Waals surface area (Å²) in [6, 6.07) is 13.4. The topological polar surface area (TPSA) is 91.2 Å². The highest BCUT2D eigenvalue weighted by Gasteiger charge is 2.19. The van der Waals surface area contributed by atoms with Gasteiger partial charge in [0.1, 0.15) is 15.7 Å². The maximum absolute atomic E-state index is 13.2. The Morgan fingerprint density at radius 1 is 1.00 bits per heavy atom. The first-order chi connectivity index (χ1) is 17.1. The van der Waals surface area contributed by atoms with Gasteiger partial charge in [0, 0.05) is 29.8 Å².